The highest BCUT2D eigenvalue weighted by Gasteiger charge is 2.32. The van der Waals surface area contributed by atoms with E-state index in [0.717, 1.165) is 18.6 Å². The number of anilines is 1. The Labute approximate surface area is 108 Å². The molecule has 19 heavy (non-hydrogen) atoms. The Bertz CT molecular complexity index is 484. The van der Waals surface area contributed by atoms with Crippen molar-refractivity contribution in [1.29, 1.82) is 0 Å². The topological polar surface area (TPSA) is 68.0 Å². The monoisotopic (exact) mass is 273 g/mol. The van der Waals surface area contributed by atoms with Crippen LogP contribution in [-0.4, -0.2) is 17.4 Å². The van der Waals surface area contributed by atoms with Gasteiger partial charge in [0.05, 0.1) is 0 Å². The van der Waals surface area contributed by atoms with Gasteiger partial charge < -0.3 is 11.1 Å². The Hall–Kier alpha value is -2.05. The molecule has 0 bridgehead atoms. The summed E-state index contributed by atoms with van der Waals surface area (Å²) < 4.78 is 37.7. The molecule has 104 valence electrons. The summed E-state index contributed by atoms with van der Waals surface area (Å²) in [6.07, 6.45) is -1.37. The maximum Gasteiger partial charge on any atom is 0.433 e. The zero-order valence-electron chi connectivity index (χ0n) is 10.3. The van der Waals surface area contributed by atoms with Gasteiger partial charge in [0, 0.05) is 18.2 Å². The summed E-state index contributed by atoms with van der Waals surface area (Å²) in [6.45, 7) is 2.35. The van der Waals surface area contributed by atoms with Crippen molar-refractivity contribution in [1.82, 2.24) is 4.98 Å². The number of hydrogen-bond acceptors (Lipinski definition) is 3. The maximum atomic E-state index is 12.6. The lowest BCUT2D eigenvalue weighted by molar-refractivity contribution is -0.141. The van der Waals surface area contributed by atoms with Crippen molar-refractivity contribution in [2.75, 3.05) is 11.9 Å². The van der Waals surface area contributed by atoms with Crippen LogP contribution >= 0.6 is 0 Å². The largest absolute Gasteiger partial charge is 0.433 e. The highest BCUT2D eigenvalue weighted by Crippen LogP contribution is 2.29. The number of nitrogens with zero attached hydrogens (tertiary/aromatic N) is 1. The van der Waals surface area contributed by atoms with E-state index in [1.54, 1.807) is 0 Å². The first-order chi connectivity index (χ1) is 8.84. The lowest BCUT2D eigenvalue weighted by atomic mass is 10.2. The molecule has 0 radical (unpaired) electrons. The number of carbonyl (C=O) groups excluding carboxylic acids is 1. The standard InChI is InChI=1S/C12H14F3N3O/c1-2-7-17-11-8(4-6-10(16)19)3-5-9(18-11)12(13,14)15/h3-6H,2,7H2,1H3,(H2,16,19)(H,17,18). The summed E-state index contributed by atoms with van der Waals surface area (Å²) in [6, 6.07) is 2.10. The van der Waals surface area contributed by atoms with Gasteiger partial charge in [-0.05, 0) is 24.6 Å². The summed E-state index contributed by atoms with van der Waals surface area (Å²) in [5, 5.41) is 2.78. The van der Waals surface area contributed by atoms with E-state index in [4.69, 9.17) is 5.73 Å². The van der Waals surface area contributed by atoms with Crippen LogP contribution in [0.15, 0.2) is 18.2 Å². The van der Waals surface area contributed by atoms with E-state index in [9.17, 15) is 18.0 Å². The first-order valence-corrected chi connectivity index (χ1v) is 5.64. The molecule has 0 fully saturated rings. The Morgan fingerprint density at radius 1 is 1.47 bits per heavy atom. The Balaban J connectivity index is 3.12. The average molecular weight is 273 g/mol. The minimum atomic E-state index is -4.51. The number of alkyl halides is 3. The number of aromatic nitrogens is 1. The van der Waals surface area contributed by atoms with Crippen LogP contribution in [0, 0.1) is 0 Å². The van der Waals surface area contributed by atoms with E-state index >= 15 is 0 Å². The van der Waals surface area contributed by atoms with Crippen LogP contribution in [0.4, 0.5) is 19.0 Å². The molecule has 1 amide bonds. The molecule has 0 spiro atoms. The van der Waals surface area contributed by atoms with Crippen molar-refractivity contribution >= 4 is 17.8 Å². The fourth-order valence-electron chi connectivity index (χ4n) is 1.32. The van der Waals surface area contributed by atoms with Gasteiger partial charge in [0.25, 0.3) is 0 Å². The van der Waals surface area contributed by atoms with Gasteiger partial charge in [0.1, 0.15) is 11.5 Å². The molecule has 0 aromatic carbocycles. The molecule has 1 heterocycles. The molecule has 3 N–H and O–H groups in total. The van der Waals surface area contributed by atoms with Crippen molar-refractivity contribution in [3.8, 4) is 0 Å². The van der Waals surface area contributed by atoms with E-state index in [0.29, 0.717) is 12.1 Å². The third-order valence-electron chi connectivity index (χ3n) is 2.19. The smallest absolute Gasteiger partial charge is 0.370 e. The summed E-state index contributed by atoms with van der Waals surface area (Å²) in [7, 11) is 0. The minimum Gasteiger partial charge on any atom is -0.370 e. The molecule has 1 rings (SSSR count). The Kier molecular flexibility index (Phi) is 4.91. The van der Waals surface area contributed by atoms with Crippen LogP contribution in [0.5, 0.6) is 0 Å². The molecule has 1 aromatic heterocycles. The number of rotatable bonds is 5. The number of nitrogens with two attached hydrogens (primary N) is 1. The molecule has 0 aliphatic carbocycles. The van der Waals surface area contributed by atoms with Gasteiger partial charge in [-0.3, -0.25) is 4.79 Å². The van der Waals surface area contributed by atoms with Crippen LogP contribution in [0.1, 0.15) is 24.6 Å². The fraction of sp³-hybridized carbons (Fsp3) is 0.333. The molecule has 0 saturated carbocycles. The van der Waals surface area contributed by atoms with Gasteiger partial charge in [-0.2, -0.15) is 13.2 Å². The zero-order valence-corrected chi connectivity index (χ0v) is 10.3. The van der Waals surface area contributed by atoms with Crippen molar-refractivity contribution in [2.24, 2.45) is 5.73 Å². The maximum absolute atomic E-state index is 12.6. The van der Waals surface area contributed by atoms with E-state index in [2.05, 4.69) is 10.3 Å². The number of amides is 1. The predicted molar refractivity (Wildman–Crippen MR) is 66.2 cm³/mol. The number of nitrogens with one attached hydrogen (secondary N) is 1. The van der Waals surface area contributed by atoms with Gasteiger partial charge in [0.2, 0.25) is 5.91 Å². The predicted octanol–water partition coefficient (Wildman–Crippen LogP) is 2.42. The van der Waals surface area contributed by atoms with Gasteiger partial charge in [-0.15, -0.1) is 0 Å². The van der Waals surface area contributed by atoms with Gasteiger partial charge >= 0.3 is 6.18 Å². The van der Waals surface area contributed by atoms with Crippen molar-refractivity contribution in [3.05, 3.63) is 29.5 Å². The van der Waals surface area contributed by atoms with E-state index in [1.165, 1.54) is 12.1 Å². The number of primary amides is 1. The third-order valence-corrected chi connectivity index (χ3v) is 2.19. The molecular formula is C12H14F3N3O. The van der Waals surface area contributed by atoms with Gasteiger partial charge in [0.15, 0.2) is 0 Å². The molecule has 0 atom stereocenters. The molecular weight excluding hydrogens is 259 g/mol. The molecule has 0 aliphatic heterocycles. The molecule has 4 nitrogen and oxygen atoms in total. The SMILES string of the molecule is CCCNc1nc(C(F)(F)F)ccc1C=CC(N)=O. The molecule has 1 aromatic rings. The minimum absolute atomic E-state index is 0.0779. The van der Waals surface area contributed by atoms with E-state index in [1.807, 2.05) is 6.92 Å². The number of pyridine rings is 1. The Morgan fingerprint density at radius 3 is 2.68 bits per heavy atom. The summed E-state index contributed by atoms with van der Waals surface area (Å²) in [5.74, 6) is -0.601. The van der Waals surface area contributed by atoms with Crippen LogP contribution in [0.3, 0.4) is 0 Å². The average Bonchev–Trinajstić information content (AvgIpc) is 2.32. The number of hydrogen-bond donors (Lipinski definition) is 2. The second kappa shape index (κ2) is 6.21. The van der Waals surface area contributed by atoms with Crippen molar-refractivity contribution < 1.29 is 18.0 Å². The zero-order chi connectivity index (χ0) is 14.5. The summed E-state index contributed by atoms with van der Waals surface area (Å²) >= 11 is 0. The lowest BCUT2D eigenvalue weighted by Gasteiger charge is -2.11. The van der Waals surface area contributed by atoms with Crippen molar-refractivity contribution in [3.63, 3.8) is 0 Å². The normalized spacial score (nSPS) is 11.8. The Morgan fingerprint density at radius 2 is 2.16 bits per heavy atom. The van der Waals surface area contributed by atoms with Crippen LogP contribution in [-0.2, 0) is 11.0 Å². The van der Waals surface area contributed by atoms with Gasteiger partial charge in [-0.1, -0.05) is 6.92 Å². The summed E-state index contributed by atoms with van der Waals surface area (Å²) in [4.78, 5) is 14.2. The molecule has 7 heteroatoms. The second-order valence-corrected chi connectivity index (χ2v) is 3.79. The van der Waals surface area contributed by atoms with Crippen LogP contribution in [0.2, 0.25) is 0 Å². The van der Waals surface area contributed by atoms with Crippen LogP contribution in [0.25, 0.3) is 6.08 Å². The fourth-order valence-corrected chi connectivity index (χ4v) is 1.32. The first kappa shape index (κ1) is 15.0. The highest BCUT2D eigenvalue weighted by molar-refractivity contribution is 5.91. The molecule has 0 aliphatic rings. The third kappa shape index (κ3) is 4.61. The molecule has 0 saturated heterocycles. The van der Waals surface area contributed by atoms with E-state index < -0.39 is 17.8 Å². The number of carbonyl (C=O) groups is 1. The quantitative estimate of drug-likeness (QED) is 0.809. The lowest BCUT2D eigenvalue weighted by Crippen LogP contribution is -2.12. The number of halogens is 3. The molecule has 0 unspecified atom stereocenters. The van der Waals surface area contributed by atoms with Gasteiger partial charge in [-0.25, -0.2) is 4.98 Å². The summed E-state index contributed by atoms with van der Waals surface area (Å²) in [5.41, 5.74) is 4.33. The highest BCUT2D eigenvalue weighted by atomic mass is 19.4. The first-order valence-electron chi connectivity index (χ1n) is 5.64. The van der Waals surface area contributed by atoms with E-state index in [-0.39, 0.29) is 5.82 Å². The second-order valence-electron chi connectivity index (χ2n) is 3.79. The van der Waals surface area contributed by atoms with Crippen molar-refractivity contribution in [2.45, 2.75) is 19.5 Å². The van der Waals surface area contributed by atoms with Crippen LogP contribution < -0.4 is 11.1 Å².